The van der Waals surface area contributed by atoms with E-state index >= 15 is 0 Å². The number of halogens is 1. The number of hydrogen-bond acceptors (Lipinski definition) is 4. The first-order valence-corrected chi connectivity index (χ1v) is 12.1. The van der Waals surface area contributed by atoms with Crippen molar-refractivity contribution in [3.05, 3.63) is 84.8 Å². The number of benzene rings is 3. The zero-order valence-electron chi connectivity index (χ0n) is 16.3. The van der Waals surface area contributed by atoms with E-state index in [-0.39, 0.29) is 4.90 Å². The molecule has 0 radical (unpaired) electrons. The first-order valence-electron chi connectivity index (χ1n) is 9.68. The number of thioether (sulfide) groups is 1. The Morgan fingerprint density at radius 3 is 2.52 bits per heavy atom. The molecule has 0 bridgehead atoms. The van der Waals surface area contributed by atoms with Gasteiger partial charge in [-0.2, -0.15) is 0 Å². The Balaban J connectivity index is 1.54. The molecule has 1 aliphatic rings. The zero-order chi connectivity index (χ0) is 21.4. The molecule has 2 heterocycles. The number of aromatic amines is 1. The molecule has 0 aliphatic carbocycles. The van der Waals surface area contributed by atoms with Crippen molar-refractivity contribution in [1.82, 2.24) is 9.97 Å². The molecule has 0 saturated carbocycles. The van der Waals surface area contributed by atoms with E-state index in [1.165, 1.54) is 16.4 Å². The molecule has 0 spiro atoms. The van der Waals surface area contributed by atoms with Gasteiger partial charge in [0.1, 0.15) is 11.6 Å². The molecule has 31 heavy (non-hydrogen) atoms. The van der Waals surface area contributed by atoms with E-state index in [1.54, 1.807) is 18.0 Å². The Morgan fingerprint density at radius 2 is 1.74 bits per heavy atom. The largest absolute Gasteiger partial charge is 0.338 e. The molecule has 0 fully saturated rings. The lowest BCUT2D eigenvalue weighted by Gasteiger charge is -2.30. The average molecular weight is 452 g/mol. The summed E-state index contributed by atoms with van der Waals surface area (Å²) >= 11 is 1.62. The topological polar surface area (TPSA) is 66.1 Å². The van der Waals surface area contributed by atoms with Crippen molar-refractivity contribution in [2.75, 3.05) is 16.6 Å². The van der Waals surface area contributed by atoms with Gasteiger partial charge < -0.3 is 4.98 Å². The van der Waals surface area contributed by atoms with Crippen LogP contribution in [0.3, 0.4) is 0 Å². The minimum Gasteiger partial charge on any atom is -0.338 e. The lowest BCUT2D eigenvalue weighted by Crippen LogP contribution is -2.35. The van der Waals surface area contributed by atoms with Gasteiger partial charge >= 0.3 is 0 Å². The van der Waals surface area contributed by atoms with Crippen molar-refractivity contribution in [2.24, 2.45) is 0 Å². The SMILES string of the molecule is O=S(=O)(c1ccc(F)cc1)N1CCSc2ccc(-c3ncc(-c4ccccc4)[nH]3)cc21. The minimum atomic E-state index is -3.81. The summed E-state index contributed by atoms with van der Waals surface area (Å²) < 4.78 is 41.2. The molecule has 1 aromatic heterocycles. The number of sulfonamides is 1. The van der Waals surface area contributed by atoms with Crippen molar-refractivity contribution in [2.45, 2.75) is 9.79 Å². The Hall–Kier alpha value is -3.10. The predicted molar refractivity (Wildman–Crippen MR) is 121 cm³/mol. The summed E-state index contributed by atoms with van der Waals surface area (Å²) in [7, 11) is -3.81. The summed E-state index contributed by atoms with van der Waals surface area (Å²) in [5.41, 5.74) is 3.31. The van der Waals surface area contributed by atoms with E-state index in [9.17, 15) is 12.8 Å². The highest BCUT2D eigenvalue weighted by atomic mass is 32.2. The normalized spacial score (nSPS) is 13.8. The Labute approximate surface area is 184 Å². The molecule has 0 amide bonds. The third kappa shape index (κ3) is 3.73. The molecule has 5 rings (SSSR count). The van der Waals surface area contributed by atoms with Crippen LogP contribution in [0.1, 0.15) is 0 Å². The van der Waals surface area contributed by atoms with Gasteiger partial charge in [0, 0.05) is 22.8 Å². The average Bonchev–Trinajstić information content (AvgIpc) is 3.29. The fourth-order valence-electron chi connectivity index (χ4n) is 3.56. The minimum absolute atomic E-state index is 0.0708. The van der Waals surface area contributed by atoms with Crippen LogP contribution in [0, 0.1) is 5.82 Å². The van der Waals surface area contributed by atoms with E-state index in [0.29, 0.717) is 23.8 Å². The number of hydrogen-bond donors (Lipinski definition) is 1. The Kier molecular flexibility index (Phi) is 5.03. The van der Waals surface area contributed by atoms with Gasteiger partial charge in [-0.1, -0.05) is 30.3 Å². The summed E-state index contributed by atoms with van der Waals surface area (Å²) in [5, 5.41) is 0. The Bertz CT molecular complexity index is 1340. The summed E-state index contributed by atoms with van der Waals surface area (Å²) in [6, 6.07) is 20.5. The maximum Gasteiger partial charge on any atom is 0.264 e. The van der Waals surface area contributed by atoms with Crippen LogP contribution in [-0.2, 0) is 10.0 Å². The van der Waals surface area contributed by atoms with Gasteiger partial charge in [-0.3, -0.25) is 4.31 Å². The fraction of sp³-hybridized carbons (Fsp3) is 0.0870. The molecule has 5 nitrogen and oxygen atoms in total. The third-order valence-corrected chi connectivity index (χ3v) is 7.99. The van der Waals surface area contributed by atoms with E-state index in [1.807, 2.05) is 48.5 Å². The monoisotopic (exact) mass is 451 g/mol. The molecule has 1 aliphatic heterocycles. The van der Waals surface area contributed by atoms with Crippen LogP contribution >= 0.6 is 11.8 Å². The van der Waals surface area contributed by atoms with Crippen LogP contribution < -0.4 is 4.31 Å². The molecule has 0 saturated heterocycles. The molecule has 156 valence electrons. The van der Waals surface area contributed by atoms with Gasteiger partial charge in [0.05, 0.1) is 22.5 Å². The standard InChI is InChI=1S/C23H18FN3O2S2/c24-18-7-9-19(10-8-18)31(28,29)27-12-13-30-22-11-6-17(14-21(22)27)23-25-15-20(26-23)16-4-2-1-3-5-16/h1-11,14-15H,12-13H2,(H,25,26). The van der Waals surface area contributed by atoms with Crippen LogP contribution in [0.15, 0.2) is 88.8 Å². The summed E-state index contributed by atoms with van der Waals surface area (Å²) in [4.78, 5) is 8.77. The molecular formula is C23H18FN3O2S2. The number of aromatic nitrogens is 2. The van der Waals surface area contributed by atoms with Crippen molar-refractivity contribution < 1.29 is 12.8 Å². The van der Waals surface area contributed by atoms with Gasteiger partial charge in [0.15, 0.2) is 0 Å². The molecular weight excluding hydrogens is 433 g/mol. The highest BCUT2D eigenvalue weighted by Gasteiger charge is 2.30. The second-order valence-corrected chi connectivity index (χ2v) is 10.1. The van der Waals surface area contributed by atoms with E-state index in [0.717, 1.165) is 33.8 Å². The van der Waals surface area contributed by atoms with Crippen LogP contribution in [-0.4, -0.2) is 30.7 Å². The van der Waals surface area contributed by atoms with Crippen LogP contribution in [0.4, 0.5) is 10.1 Å². The van der Waals surface area contributed by atoms with Gasteiger partial charge in [0.2, 0.25) is 0 Å². The highest BCUT2D eigenvalue weighted by molar-refractivity contribution is 8.00. The molecule has 8 heteroatoms. The maximum absolute atomic E-state index is 13.3. The number of nitrogens with zero attached hydrogens (tertiary/aromatic N) is 2. The van der Waals surface area contributed by atoms with Crippen LogP contribution in [0.25, 0.3) is 22.6 Å². The fourth-order valence-corrected chi connectivity index (χ4v) is 6.18. The lowest BCUT2D eigenvalue weighted by molar-refractivity contribution is 0.590. The van der Waals surface area contributed by atoms with E-state index in [2.05, 4.69) is 9.97 Å². The van der Waals surface area contributed by atoms with Gasteiger partial charge in [0.25, 0.3) is 10.0 Å². The molecule has 1 N–H and O–H groups in total. The van der Waals surface area contributed by atoms with Crippen molar-refractivity contribution >= 4 is 27.5 Å². The van der Waals surface area contributed by atoms with Crippen molar-refractivity contribution in [3.8, 4) is 22.6 Å². The second kappa shape index (κ2) is 7.86. The van der Waals surface area contributed by atoms with Gasteiger partial charge in [-0.15, -0.1) is 11.8 Å². The first kappa shape index (κ1) is 19.8. The van der Waals surface area contributed by atoms with Crippen LogP contribution in [0.5, 0.6) is 0 Å². The van der Waals surface area contributed by atoms with Gasteiger partial charge in [-0.05, 0) is 48.0 Å². The number of anilines is 1. The number of rotatable bonds is 4. The summed E-state index contributed by atoms with van der Waals surface area (Å²) in [6.07, 6.45) is 1.77. The molecule has 0 atom stereocenters. The molecule has 3 aromatic carbocycles. The maximum atomic E-state index is 13.3. The summed E-state index contributed by atoms with van der Waals surface area (Å²) in [6.45, 7) is 0.342. The molecule has 4 aromatic rings. The lowest BCUT2D eigenvalue weighted by atomic mass is 10.1. The third-order valence-electron chi connectivity index (χ3n) is 5.12. The quantitative estimate of drug-likeness (QED) is 0.464. The van der Waals surface area contributed by atoms with Crippen LogP contribution in [0.2, 0.25) is 0 Å². The predicted octanol–water partition coefficient (Wildman–Crippen LogP) is 5.18. The highest BCUT2D eigenvalue weighted by Crippen LogP contribution is 2.40. The summed E-state index contributed by atoms with van der Waals surface area (Å²) in [5.74, 6) is 0.838. The number of fused-ring (bicyclic) bond motifs is 1. The van der Waals surface area contributed by atoms with Crippen molar-refractivity contribution in [1.29, 1.82) is 0 Å². The zero-order valence-corrected chi connectivity index (χ0v) is 18.0. The molecule has 0 unspecified atom stereocenters. The van der Waals surface area contributed by atoms with E-state index < -0.39 is 15.8 Å². The smallest absolute Gasteiger partial charge is 0.264 e. The van der Waals surface area contributed by atoms with Gasteiger partial charge in [-0.25, -0.2) is 17.8 Å². The second-order valence-electron chi connectivity index (χ2n) is 7.07. The number of imidazole rings is 1. The number of nitrogens with one attached hydrogen (secondary N) is 1. The first-order chi connectivity index (χ1) is 15.0. The van der Waals surface area contributed by atoms with E-state index in [4.69, 9.17) is 0 Å². The number of H-pyrrole nitrogens is 1. The Morgan fingerprint density at radius 1 is 0.968 bits per heavy atom. The van der Waals surface area contributed by atoms with Crippen molar-refractivity contribution in [3.63, 3.8) is 0 Å².